The number of anilines is 3. The van der Waals surface area contributed by atoms with Gasteiger partial charge in [-0.2, -0.15) is 0 Å². The summed E-state index contributed by atoms with van der Waals surface area (Å²) in [5.41, 5.74) is 19.0. The molecule has 2 aliphatic carbocycles. The Balaban J connectivity index is 0.00000533. The van der Waals surface area contributed by atoms with Gasteiger partial charge in [-0.05, 0) is 82.1 Å². The quantitative estimate of drug-likeness (QED) is 0.0800. The van der Waals surface area contributed by atoms with Gasteiger partial charge in [-0.15, -0.1) is 0 Å². The summed E-state index contributed by atoms with van der Waals surface area (Å²) >= 11 is 0. The highest BCUT2D eigenvalue weighted by atomic mass is 16.3. The van der Waals surface area contributed by atoms with Crippen LogP contribution in [-0.2, 0) is 10.8 Å². The molecule has 8 aromatic rings. The molecular formula is C63H69NO. The number of hydrogen-bond acceptors (Lipinski definition) is 2. The van der Waals surface area contributed by atoms with Crippen LogP contribution in [0.15, 0.2) is 156 Å². The highest BCUT2D eigenvalue weighted by molar-refractivity contribution is 6.09. The molecule has 2 aliphatic rings. The topological polar surface area (TPSA) is 16.4 Å². The van der Waals surface area contributed by atoms with E-state index in [1.807, 2.05) is 0 Å². The minimum atomic E-state index is -0.114. The van der Waals surface area contributed by atoms with Crippen molar-refractivity contribution in [1.82, 2.24) is 0 Å². The van der Waals surface area contributed by atoms with Crippen molar-refractivity contribution in [3.8, 4) is 33.4 Å². The standard InChI is InChI=1S/C62H65NO.CH4/c1-5-7-9-11-13-21-42-62(43-22-14-12-10-8-6-2)52-32-19-16-28-50(52)59-54(62)34-25-36-56(59)63(55-35-24-33-53-58(55)49-27-15-18-31-51(49)61(53,3)4)45-40-38-44(39-41-45)46-29-23-30-48-47-26-17-20-37-57(47)64-60(46)48;/h15-20,23-41H,5-14,21-22,42-43H2,1-4H3;1H4. The molecule has 0 N–H and O–H groups in total. The molecule has 0 amide bonds. The molecule has 0 spiro atoms. The lowest BCUT2D eigenvalue weighted by Gasteiger charge is -2.34. The number of para-hydroxylation sites is 2. The van der Waals surface area contributed by atoms with E-state index in [1.165, 1.54) is 140 Å². The molecule has 7 aromatic carbocycles. The number of benzene rings is 7. The van der Waals surface area contributed by atoms with Gasteiger partial charge in [-0.1, -0.05) is 233 Å². The Hall–Kier alpha value is -5.86. The zero-order valence-corrected chi connectivity index (χ0v) is 38.7. The van der Waals surface area contributed by atoms with E-state index < -0.39 is 0 Å². The fourth-order valence-electron chi connectivity index (χ4n) is 11.8. The molecular weight excluding hydrogens is 787 g/mol. The lowest BCUT2D eigenvalue weighted by molar-refractivity contribution is 0.398. The predicted octanol–water partition coefficient (Wildman–Crippen LogP) is 19.4. The van der Waals surface area contributed by atoms with Crippen LogP contribution in [-0.4, -0.2) is 0 Å². The lowest BCUT2D eigenvalue weighted by atomic mass is 9.70. The second kappa shape index (κ2) is 18.9. The first-order valence-electron chi connectivity index (χ1n) is 24.7. The maximum absolute atomic E-state index is 6.55. The summed E-state index contributed by atoms with van der Waals surface area (Å²) in [4.78, 5) is 2.61. The van der Waals surface area contributed by atoms with Crippen molar-refractivity contribution in [2.24, 2.45) is 0 Å². The van der Waals surface area contributed by atoms with Gasteiger partial charge in [0.1, 0.15) is 11.2 Å². The number of furan rings is 1. The second-order valence-corrected chi connectivity index (χ2v) is 19.4. The van der Waals surface area contributed by atoms with E-state index in [1.54, 1.807) is 5.56 Å². The van der Waals surface area contributed by atoms with Gasteiger partial charge in [0.05, 0.1) is 11.4 Å². The Morgan fingerprint density at radius 3 is 1.60 bits per heavy atom. The zero-order chi connectivity index (χ0) is 43.7. The first kappa shape index (κ1) is 44.3. The SMILES string of the molecule is C.CCCCCCCCC1(CCCCCCCC)c2ccccc2-c2c(N(c3ccc(-c4cccc5c4oc4ccccc45)cc3)c3cccc4c3-c3ccccc3C4(C)C)cccc21. The molecule has 0 saturated heterocycles. The molecule has 0 unspecified atom stereocenters. The second-order valence-electron chi connectivity index (χ2n) is 19.4. The van der Waals surface area contributed by atoms with Crippen LogP contribution in [0.5, 0.6) is 0 Å². The summed E-state index contributed by atoms with van der Waals surface area (Å²) in [6, 6.07) is 57.2. The van der Waals surface area contributed by atoms with Crippen molar-refractivity contribution in [3.63, 3.8) is 0 Å². The third-order valence-corrected chi connectivity index (χ3v) is 15.1. The molecule has 0 aliphatic heterocycles. The molecule has 0 fully saturated rings. The average Bonchev–Trinajstić information content (AvgIpc) is 3.93. The number of hydrogen-bond donors (Lipinski definition) is 0. The van der Waals surface area contributed by atoms with Gasteiger partial charge < -0.3 is 9.32 Å². The number of fused-ring (bicyclic) bond motifs is 9. The van der Waals surface area contributed by atoms with Gasteiger partial charge in [0.15, 0.2) is 0 Å². The Morgan fingerprint density at radius 1 is 0.431 bits per heavy atom. The largest absolute Gasteiger partial charge is 0.455 e. The summed E-state index contributed by atoms with van der Waals surface area (Å²) in [5.74, 6) is 0. The maximum atomic E-state index is 6.55. The molecule has 1 heterocycles. The highest BCUT2D eigenvalue weighted by Crippen LogP contribution is 2.60. The number of rotatable bonds is 18. The van der Waals surface area contributed by atoms with E-state index in [4.69, 9.17) is 4.42 Å². The molecule has 332 valence electrons. The van der Waals surface area contributed by atoms with Crippen molar-refractivity contribution in [2.45, 2.75) is 136 Å². The van der Waals surface area contributed by atoms with Gasteiger partial charge in [0, 0.05) is 44.0 Å². The fraction of sp³-hybridized carbons (Fsp3) is 0.333. The van der Waals surface area contributed by atoms with Gasteiger partial charge in [-0.25, -0.2) is 0 Å². The van der Waals surface area contributed by atoms with E-state index in [0.717, 1.165) is 38.8 Å². The Kier molecular flexibility index (Phi) is 12.9. The van der Waals surface area contributed by atoms with Crippen LogP contribution in [0.25, 0.3) is 55.3 Å². The third-order valence-electron chi connectivity index (χ3n) is 15.1. The summed E-state index contributed by atoms with van der Waals surface area (Å²) in [6.45, 7) is 9.44. The Morgan fingerprint density at radius 2 is 0.923 bits per heavy atom. The van der Waals surface area contributed by atoms with Crippen LogP contribution in [0.1, 0.15) is 147 Å². The van der Waals surface area contributed by atoms with Crippen molar-refractivity contribution >= 4 is 39.0 Å². The number of nitrogens with zero attached hydrogens (tertiary/aromatic N) is 1. The van der Waals surface area contributed by atoms with Crippen molar-refractivity contribution in [1.29, 1.82) is 0 Å². The number of unbranched alkanes of at least 4 members (excludes halogenated alkanes) is 10. The van der Waals surface area contributed by atoms with Crippen molar-refractivity contribution < 1.29 is 4.42 Å². The lowest BCUT2D eigenvalue weighted by Crippen LogP contribution is -2.25. The summed E-state index contributed by atoms with van der Waals surface area (Å²) in [5, 5.41) is 2.31. The molecule has 65 heavy (non-hydrogen) atoms. The Bertz CT molecular complexity index is 2890. The normalized spacial score (nSPS) is 13.9. The highest BCUT2D eigenvalue weighted by Gasteiger charge is 2.44. The summed E-state index contributed by atoms with van der Waals surface area (Å²) in [7, 11) is 0. The van der Waals surface area contributed by atoms with Gasteiger partial charge >= 0.3 is 0 Å². The first-order chi connectivity index (χ1) is 31.5. The van der Waals surface area contributed by atoms with E-state index in [2.05, 4.69) is 184 Å². The van der Waals surface area contributed by atoms with Gasteiger partial charge in [0.2, 0.25) is 0 Å². The molecule has 0 saturated carbocycles. The van der Waals surface area contributed by atoms with E-state index >= 15 is 0 Å². The van der Waals surface area contributed by atoms with Crippen molar-refractivity contribution in [2.75, 3.05) is 4.90 Å². The Labute approximate surface area is 389 Å². The van der Waals surface area contributed by atoms with Gasteiger partial charge in [-0.3, -0.25) is 0 Å². The van der Waals surface area contributed by atoms with Crippen LogP contribution >= 0.6 is 0 Å². The minimum Gasteiger partial charge on any atom is -0.455 e. The monoisotopic (exact) mass is 856 g/mol. The molecule has 0 atom stereocenters. The van der Waals surface area contributed by atoms with Crippen LogP contribution in [0, 0.1) is 0 Å². The minimum absolute atomic E-state index is 0. The van der Waals surface area contributed by atoms with E-state index in [-0.39, 0.29) is 18.3 Å². The van der Waals surface area contributed by atoms with Crippen LogP contribution in [0.3, 0.4) is 0 Å². The summed E-state index contributed by atoms with van der Waals surface area (Å²) in [6.07, 6.45) is 18.2. The molecule has 0 bridgehead atoms. The molecule has 2 nitrogen and oxygen atoms in total. The summed E-state index contributed by atoms with van der Waals surface area (Å²) < 4.78 is 6.55. The molecule has 0 radical (unpaired) electrons. The zero-order valence-electron chi connectivity index (χ0n) is 38.7. The third kappa shape index (κ3) is 7.81. The van der Waals surface area contributed by atoms with Crippen LogP contribution < -0.4 is 4.90 Å². The predicted molar refractivity (Wildman–Crippen MR) is 280 cm³/mol. The maximum Gasteiger partial charge on any atom is 0.143 e. The fourth-order valence-corrected chi connectivity index (χ4v) is 11.8. The van der Waals surface area contributed by atoms with Gasteiger partial charge in [0.25, 0.3) is 0 Å². The van der Waals surface area contributed by atoms with Crippen molar-refractivity contribution in [3.05, 3.63) is 174 Å². The van der Waals surface area contributed by atoms with E-state index in [9.17, 15) is 0 Å². The van der Waals surface area contributed by atoms with E-state index in [0.29, 0.717) is 0 Å². The average molecular weight is 856 g/mol. The van der Waals surface area contributed by atoms with Crippen LogP contribution in [0.4, 0.5) is 17.1 Å². The molecule has 10 rings (SSSR count). The van der Waals surface area contributed by atoms with Crippen LogP contribution in [0.2, 0.25) is 0 Å². The molecule has 1 aromatic heterocycles. The smallest absolute Gasteiger partial charge is 0.143 e. The first-order valence-corrected chi connectivity index (χ1v) is 24.7. The molecule has 2 heteroatoms.